The van der Waals surface area contributed by atoms with Crippen LogP contribution in [0.5, 0.6) is 0 Å². The third-order valence-electron chi connectivity index (χ3n) is 6.32. The number of hydrogen-bond acceptors (Lipinski definition) is 7. The smallest absolute Gasteiger partial charge is 0.326 e. The minimum absolute atomic E-state index is 0.0416. The summed E-state index contributed by atoms with van der Waals surface area (Å²) >= 11 is 0. The number of carbonyl (C=O) groups excluding carboxylic acids is 3. The lowest BCUT2D eigenvalue weighted by atomic mass is 10.0. The summed E-state index contributed by atoms with van der Waals surface area (Å²) < 4.78 is 0. The first-order valence-electron chi connectivity index (χ1n) is 13.0. The fraction of sp³-hybridized carbons (Fsp3) is 0.385. The number of benzene rings is 1. The molecular weight excluding hydrogens is 532 g/mol. The Morgan fingerprint density at radius 3 is 2.27 bits per heavy atom. The highest BCUT2D eigenvalue weighted by Gasteiger charge is 2.31. The summed E-state index contributed by atoms with van der Waals surface area (Å²) in [7, 11) is 0. The number of nitrogens with zero attached hydrogens (tertiary/aromatic N) is 2. The zero-order chi connectivity index (χ0) is 29.9. The molecule has 4 atom stereocenters. The van der Waals surface area contributed by atoms with Crippen LogP contribution in [0, 0.1) is 0 Å². The van der Waals surface area contributed by atoms with Gasteiger partial charge < -0.3 is 48.2 Å². The Morgan fingerprint density at radius 2 is 1.63 bits per heavy atom. The van der Waals surface area contributed by atoms with E-state index in [2.05, 4.69) is 35.9 Å². The molecular formula is C26H36N10O5. The van der Waals surface area contributed by atoms with Gasteiger partial charge in [0.15, 0.2) is 5.96 Å². The van der Waals surface area contributed by atoms with Gasteiger partial charge in [-0.15, -0.1) is 0 Å². The average Bonchev–Trinajstić information content (AvgIpc) is 3.59. The van der Waals surface area contributed by atoms with Crippen molar-refractivity contribution in [2.75, 3.05) is 6.54 Å². The normalized spacial score (nSPS) is 13.9. The van der Waals surface area contributed by atoms with E-state index < -0.39 is 47.9 Å². The van der Waals surface area contributed by atoms with Crippen LogP contribution in [0.25, 0.3) is 10.9 Å². The first-order valence-corrected chi connectivity index (χ1v) is 13.0. The van der Waals surface area contributed by atoms with Crippen LogP contribution in [0.4, 0.5) is 0 Å². The fourth-order valence-electron chi connectivity index (χ4n) is 4.16. The first-order chi connectivity index (χ1) is 19.5. The van der Waals surface area contributed by atoms with Crippen molar-refractivity contribution < 1.29 is 24.3 Å². The third-order valence-corrected chi connectivity index (χ3v) is 6.32. The molecule has 2 heterocycles. The number of para-hydroxylation sites is 1. The fourth-order valence-corrected chi connectivity index (χ4v) is 4.16. The van der Waals surface area contributed by atoms with Crippen molar-refractivity contribution in [1.82, 2.24) is 30.9 Å². The summed E-state index contributed by atoms with van der Waals surface area (Å²) in [5, 5.41) is 18.4. The molecule has 3 rings (SSSR count). The van der Waals surface area contributed by atoms with Crippen molar-refractivity contribution in [3.8, 4) is 0 Å². The molecule has 3 amide bonds. The summed E-state index contributed by atoms with van der Waals surface area (Å²) in [6.07, 6.45) is 5.11. The Bertz CT molecular complexity index is 1360. The molecule has 12 N–H and O–H groups in total. The van der Waals surface area contributed by atoms with Gasteiger partial charge in [0.1, 0.15) is 18.1 Å². The van der Waals surface area contributed by atoms with E-state index in [1.807, 2.05) is 24.3 Å². The third kappa shape index (κ3) is 9.06. The number of carboxylic acids is 1. The maximum atomic E-state index is 13.5. The number of imidazole rings is 1. The van der Waals surface area contributed by atoms with Crippen LogP contribution in [-0.2, 0) is 32.0 Å². The molecule has 41 heavy (non-hydrogen) atoms. The molecule has 0 aliphatic heterocycles. The van der Waals surface area contributed by atoms with E-state index >= 15 is 0 Å². The van der Waals surface area contributed by atoms with E-state index in [1.54, 1.807) is 6.20 Å². The zero-order valence-corrected chi connectivity index (χ0v) is 22.6. The largest absolute Gasteiger partial charge is 0.480 e. The predicted octanol–water partition coefficient (Wildman–Crippen LogP) is -1.38. The summed E-state index contributed by atoms with van der Waals surface area (Å²) in [6.45, 7) is 1.67. The maximum Gasteiger partial charge on any atom is 0.326 e. The zero-order valence-electron chi connectivity index (χ0n) is 22.6. The standard InChI is InChI=1S/C26H36N10O5/c1-14(27)22(37)35-21(10-16-12-30-13-33-16)24(39)36-20(9-15-11-32-18-6-3-2-5-17(15)18)23(38)34-19(25(40)41)7-4-8-31-26(28)29/h2-3,5-6,11-14,19-21,32H,4,7-10,27H2,1H3,(H,30,33)(H,34,38)(H,35,37)(H,36,39)(H,40,41)(H4,28,29,31). The van der Waals surface area contributed by atoms with Crippen LogP contribution >= 0.6 is 0 Å². The molecule has 15 heteroatoms. The number of H-pyrrole nitrogens is 2. The summed E-state index contributed by atoms with van der Waals surface area (Å²) in [5.41, 5.74) is 18.4. The number of aromatic nitrogens is 3. The van der Waals surface area contributed by atoms with E-state index in [0.29, 0.717) is 12.1 Å². The van der Waals surface area contributed by atoms with Gasteiger partial charge in [0.05, 0.1) is 12.4 Å². The lowest BCUT2D eigenvalue weighted by Gasteiger charge is -2.25. The van der Waals surface area contributed by atoms with Crippen molar-refractivity contribution in [3.63, 3.8) is 0 Å². The SMILES string of the molecule is CC(N)C(=O)NC(Cc1cnc[nH]1)C(=O)NC(Cc1c[nH]c2ccccc12)C(=O)NC(CCCN=C(N)N)C(=O)O. The molecule has 2 aromatic heterocycles. The van der Waals surface area contributed by atoms with Crippen molar-refractivity contribution >= 4 is 40.6 Å². The van der Waals surface area contributed by atoms with Crippen LogP contribution in [-0.4, -0.2) is 80.4 Å². The van der Waals surface area contributed by atoms with Gasteiger partial charge in [-0.3, -0.25) is 19.4 Å². The highest BCUT2D eigenvalue weighted by atomic mass is 16.4. The second-order valence-electron chi connectivity index (χ2n) is 9.60. The average molecular weight is 569 g/mol. The lowest BCUT2D eigenvalue weighted by Crippen LogP contribution is -2.58. The number of carboxylic acid groups (broad SMARTS) is 1. The van der Waals surface area contributed by atoms with E-state index in [1.165, 1.54) is 19.4 Å². The minimum atomic E-state index is -1.25. The van der Waals surface area contributed by atoms with Crippen LogP contribution < -0.4 is 33.2 Å². The Labute approximate surface area is 235 Å². The van der Waals surface area contributed by atoms with Gasteiger partial charge in [-0.05, 0) is 31.4 Å². The van der Waals surface area contributed by atoms with Gasteiger partial charge in [-0.1, -0.05) is 18.2 Å². The van der Waals surface area contributed by atoms with Gasteiger partial charge in [-0.2, -0.15) is 0 Å². The second-order valence-corrected chi connectivity index (χ2v) is 9.60. The monoisotopic (exact) mass is 568 g/mol. The quantitative estimate of drug-likeness (QED) is 0.0593. The Morgan fingerprint density at radius 1 is 0.976 bits per heavy atom. The number of aromatic amines is 2. The number of amides is 3. The molecule has 1 aromatic carbocycles. The Hall–Kier alpha value is -4.92. The molecule has 0 saturated carbocycles. The lowest BCUT2D eigenvalue weighted by molar-refractivity contribution is -0.142. The van der Waals surface area contributed by atoms with Crippen molar-refractivity contribution in [2.24, 2.45) is 22.2 Å². The molecule has 0 spiro atoms. The van der Waals surface area contributed by atoms with Gasteiger partial charge in [-0.25, -0.2) is 9.78 Å². The Kier molecular flexibility index (Phi) is 10.8. The number of aliphatic carboxylic acids is 1. The molecule has 4 unspecified atom stereocenters. The molecule has 220 valence electrons. The van der Waals surface area contributed by atoms with Crippen molar-refractivity contribution in [1.29, 1.82) is 0 Å². The number of nitrogens with two attached hydrogens (primary N) is 3. The summed E-state index contributed by atoms with van der Waals surface area (Å²) in [4.78, 5) is 65.0. The van der Waals surface area contributed by atoms with Gasteiger partial charge in [0.25, 0.3) is 0 Å². The molecule has 0 saturated heterocycles. The topological polar surface area (TPSA) is 259 Å². The van der Waals surface area contributed by atoms with E-state index in [0.717, 1.165) is 16.5 Å². The van der Waals surface area contributed by atoms with Crippen molar-refractivity contribution in [3.05, 3.63) is 54.2 Å². The number of fused-ring (bicyclic) bond motifs is 1. The number of hydrogen-bond donors (Lipinski definition) is 9. The van der Waals surface area contributed by atoms with Gasteiger partial charge >= 0.3 is 5.97 Å². The first kappa shape index (κ1) is 30.6. The second kappa shape index (κ2) is 14.5. The molecule has 0 aliphatic rings. The molecule has 0 radical (unpaired) electrons. The van der Waals surface area contributed by atoms with E-state index in [4.69, 9.17) is 17.2 Å². The van der Waals surface area contributed by atoms with E-state index in [9.17, 15) is 24.3 Å². The van der Waals surface area contributed by atoms with Crippen molar-refractivity contribution in [2.45, 2.75) is 56.8 Å². The Balaban J connectivity index is 1.84. The predicted molar refractivity (Wildman–Crippen MR) is 151 cm³/mol. The van der Waals surface area contributed by atoms with E-state index in [-0.39, 0.29) is 31.8 Å². The van der Waals surface area contributed by atoms with Gasteiger partial charge in [0.2, 0.25) is 17.7 Å². The number of carbonyl (C=O) groups is 4. The van der Waals surface area contributed by atoms with Crippen LogP contribution in [0.15, 0.2) is 48.0 Å². The summed E-state index contributed by atoms with van der Waals surface area (Å²) in [6, 6.07) is 3.02. The van der Waals surface area contributed by atoms with Gasteiger partial charge in [0, 0.05) is 48.4 Å². The minimum Gasteiger partial charge on any atom is -0.480 e. The molecule has 15 nitrogen and oxygen atoms in total. The number of nitrogens with one attached hydrogen (secondary N) is 5. The van der Waals surface area contributed by atoms with Crippen LogP contribution in [0.1, 0.15) is 31.0 Å². The van der Waals surface area contributed by atoms with Crippen LogP contribution in [0.3, 0.4) is 0 Å². The number of guanidine groups is 1. The highest BCUT2D eigenvalue weighted by Crippen LogP contribution is 2.19. The number of rotatable bonds is 15. The molecule has 0 aliphatic carbocycles. The molecule has 0 fully saturated rings. The number of aliphatic imine (C=N–C) groups is 1. The highest BCUT2D eigenvalue weighted by molar-refractivity contribution is 5.95. The molecule has 3 aromatic rings. The maximum absolute atomic E-state index is 13.5. The molecule has 0 bridgehead atoms. The van der Waals surface area contributed by atoms with Crippen LogP contribution in [0.2, 0.25) is 0 Å². The summed E-state index contributed by atoms with van der Waals surface area (Å²) in [5.74, 6) is -3.30.